The number of halogens is 3. The van der Waals surface area contributed by atoms with Gasteiger partial charge in [-0.25, -0.2) is 4.79 Å². The normalized spacial score (nSPS) is 10.7. The highest BCUT2D eigenvalue weighted by Gasteiger charge is 2.30. The second-order valence-electron chi connectivity index (χ2n) is 5.68. The highest BCUT2D eigenvalue weighted by molar-refractivity contribution is 6.00. The number of H-pyrrole nitrogens is 1. The Morgan fingerprint density at radius 2 is 1.96 bits per heavy atom. The van der Waals surface area contributed by atoms with E-state index in [1.54, 1.807) is 13.8 Å². The standard InChI is InChI=1S/C19H17F3N2O3/c1-11-15(18(26)27-3)12(2)24-16(11)17(25)23-9-5-7-13-6-4-8-14(10-13)19(20,21)22/h4,6,8,10,24H,9H2,1-3H3,(H,23,25). The molecular weight excluding hydrogens is 361 g/mol. The average molecular weight is 378 g/mol. The summed E-state index contributed by atoms with van der Waals surface area (Å²) >= 11 is 0. The first-order valence-corrected chi connectivity index (χ1v) is 7.87. The van der Waals surface area contributed by atoms with Gasteiger partial charge >= 0.3 is 12.1 Å². The number of carbonyl (C=O) groups is 2. The van der Waals surface area contributed by atoms with Gasteiger partial charge in [-0.3, -0.25) is 4.79 Å². The van der Waals surface area contributed by atoms with Gasteiger partial charge < -0.3 is 15.0 Å². The van der Waals surface area contributed by atoms with Gasteiger partial charge in [0.15, 0.2) is 0 Å². The van der Waals surface area contributed by atoms with Crippen molar-refractivity contribution in [2.45, 2.75) is 20.0 Å². The molecule has 0 aliphatic heterocycles. The molecule has 1 aromatic carbocycles. The van der Waals surface area contributed by atoms with Crippen LogP contribution in [0.5, 0.6) is 0 Å². The molecule has 0 saturated carbocycles. The molecule has 0 aliphatic carbocycles. The molecule has 0 aliphatic rings. The predicted octanol–water partition coefficient (Wildman–Crippen LogP) is 3.22. The van der Waals surface area contributed by atoms with Crippen LogP contribution in [0.1, 0.15) is 43.2 Å². The first-order chi connectivity index (χ1) is 12.6. The van der Waals surface area contributed by atoms with Crippen molar-refractivity contribution in [2.24, 2.45) is 0 Å². The van der Waals surface area contributed by atoms with E-state index in [0.717, 1.165) is 12.1 Å². The Labute approximate surface area is 153 Å². The molecule has 0 spiro atoms. The number of rotatable bonds is 3. The summed E-state index contributed by atoms with van der Waals surface area (Å²) in [5, 5.41) is 2.53. The van der Waals surface area contributed by atoms with Crippen molar-refractivity contribution >= 4 is 11.9 Å². The molecule has 0 radical (unpaired) electrons. The van der Waals surface area contributed by atoms with E-state index in [-0.39, 0.29) is 23.4 Å². The number of aryl methyl sites for hydroxylation is 1. The van der Waals surface area contributed by atoms with Crippen LogP contribution in [0.15, 0.2) is 24.3 Å². The Balaban J connectivity index is 2.06. The third-order valence-electron chi connectivity index (χ3n) is 3.81. The fourth-order valence-corrected chi connectivity index (χ4v) is 2.52. The number of methoxy groups -OCH3 is 1. The van der Waals surface area contributed by atoms with Crippen molar-refractivity contribution in [1.29, 1.82) is 0 Å². The van der Waals surface area contributed by atoms with Crippen molar-refractivity contribution in [3.8, 4) is 11.8 Å². The summed E-state index contributed by atoms with van der Waals surface area (Å²) in [6, 6.07) is 4.62. The van der Waals surface area contributed by atoms with Gasteiger partial charge in [-0.15, -0.1) is 0 Å². The first-order valence-electron chi connectivity index (χ1n) is 7.87. The molecule has 0 fully saturated rings. The number of alkyl halides is 3. The van der Waals surface area contributed by atoms with Crippen LogP contribution in [0.2, 0.25) is 0 Å². The molecule has 1 aromatic heterocycles. The van der Waals surface area contributed by atoms with Gasteiger partial charge in [0.25, 0.3) is 5.91 Å². The van der Waals surface area contributed by atoms with Crippen LogP contribution >= 0.6 is 0 Å². The van der Waals surface area contributed by atoms with Crippen LogP contribution in [0, 0.1) is 25.7 Å². The van der Waals surface area contributed by atoms with Gasteiger partial charge in [0.2, 0.25) is 0 Å². The quantitative estimate of drug-likeness (QED) is 0.636. The van der Waals surface area contributed by atoms with Crippen molar-refractivity contribution < 1.29 is 27.5 Å². The summed E-state index contributed by atoms with van der Waals surface area (Å²) in [6.07, 6.45) is -4.44. The molecule has 0 atom stereocenters. The summed E-state index contributed by atoms with van der Waals surface area (Å²) in [7, 11) is 1.25. The molecule has 1 heterocycles. The van der Waals surface area contributed by atoms with Gasteiger partial charge in [-0.1, -0.05) is 17.9 Å². The first kappa shape index (κ1) is 20.1. The number of aromatic nitrogens is 1. The van der Waals surface area contributed by atoms with E-state index in [0.29, 0.717) is 11.3 Å². The number of esters is 1. The van der Waals surface area contributed by atoms with E-state index < -0.39 is 23.6 Å². The van der Waals surface area contributed by atoms with Gasteiger partial charge in [0.05, 0.1) is 24.8 Å². The zero-order chi connectivity index (χ0) is 20.2. The van der Waals surface area contributed by atoms with Crippen molar-refractivity contribution in [3.63, 3.8) is 0 Å². The maximum atomic E-state index is 12.7. The number of carbonyl (C=O) groups excluding carboxylic acids is 2. The van der Waals surface area contributed by atoms with Crippen LogP contribution in [0.3, 0.4) is 0 Å². The third-order valence-corrected chi connectivity index (χ3v) is 3.81. The zero-order valence-electron chi connectivity index (χ0n) is 14.9. The number of hydrogen-bond donors (Lipinski definition) is 2. The van der Waals surface area contributed by atoms with Crippen LogP contribution in [0.4, 0.5) is 13.2 Å². The SMILES string of the molecule is COC(=O)c1c(C)[nH]c(C(=O)NCC#Cc2cccc(C(F)(F)F)c2)c1C. The highest BCUT2D eigenvalue weighted by Crippen LogP contribution is 2.29. The molecule has 27 heavy (non-hydrogen) atoms. The zero-order valence-corrected chi connectivity index (χ0v) is 14.9. The van der Waals surface area contributed by atoms with Crippen molar-refractivity contribution in [2.75, 3.05) is 13.7 Å². The lowest BCUT2D eigenvalue weighted by Gasteiger charge is -2.05. The highest BCUT2D eigenvalue weighted by atomic mass is 19.4. The summed E-state index contributed by atoms with van der Waals surface area (Å²) < 4.78 is 42.7. The molecule has 1 amide bonds. The van der Waals surface area contributed by atoms with E-state index in [4.69, 9.17) is 0 Å². The van der Waals surface area contributed by atoms with Crippen molar-refractivity contribution in [3.05, 3.63) is 57.9 Å². The van der Waals surface area contributed by atoms with Crippen molar-refractivity contribution in [1.82, 2.24) is 10.3 Å². The van der Waals surface area contributed by atoms with Gasteiger partial charge in [-0.05, 0) is 37.6 Å². The topological polar surface area (TPSA) is 71.2 Å². The maximum absolute atomic E-state index is 12.7. The van der Waals surface area contributed by atoms with Crippen LogP contribution in [0.25, 0.3) is 0 Å². The minimum Gasteiger partial charge on any atom is -0.465 e. The lowest BCUT2D eigenvalue weighted by Crippen LogP contribution is -2.24. The number of amides is 1. The van der Waals surface area contributed by atoms with Gasteiger partial charge in [-0.2, -0.15) is 13.2 Å². The van der Waals surface area contributed by atoms with Crippen LogP contribution < -0.4 is 5.32 Å². The molecular formula is C19H17F3N2O3. The lowest BCUT2D eigenvalue weighted by atomic mass is 10.1. The number of hydrogen-bond acceptors (Lipinski definition) is 3. The summed E-state index contributed by atoms with van der Waals surface area (Å²) in [6.45, 7) is 3.18. The second kappa shape index (κ2) is 7.99. The second-order valence-corrected chi connectivity index (χ2v) is 5.68. The maximum Gasteiger partial charge on any atom is 0.416 e. The van der Waals surface area contributed by atoms with Crippen LogP contribution in [-0.4, -0.2) is 30.5 Å². The molecule has 0 unspecified atom stereocenters. The monoisotopic (exact) mass is 378 g/mol. The molecule has 0 bridgehead atoms. The van der Waals surface area contributed by atoms with E-state index >= 15 is 0 Å². The Morgan fingerprint density at radius 1 is 1.26 bits per heavy atom. The molecule has 2 N–H and O–H groups in total. The molecule has 142 valence electrons. The number of aromatic amines is 1. The molecule has 2 rings (SSSR count). The largest absolute Gasteiger partial charge is 0.465 e. The third kappa shape index (κ3) is 4.70. The summed E-state index contributed by atoms with van der Waals surface area (Å²) in [5.41, 5.74) is 0.846. The predicted molar refractivity (Wildman–Crippen MR) is 92.3 cm³/mol. The summed E-state index contributed by atoms with van der Waals surface area (Å²) in [5.74, 6) is 4.14. The fourth-order valence-electron chi connectivity index (χ4n) is 2.52. The molecule has 5 nitrogen and oxygen atoms in total. The van der Waals surface area contributed by atoms with Crippen LogP contribution in [-0.2, 0) is 10.9 Å². The smallest absolute Gasteiger partial charge is 0.416 e. The molecule has 0 saturated heterocycles. The summed E-state index contributed by atoms with van der Waals surface area (Å²) in [4.78, 5) is 26.8. The molecule has 8 heteroatoms. The Hall–Kier alpha value is -3.21. The number of ether oxygens (including phenoxy) is 1. The Kier molecular flexibility index (Phi) is 5.95. The number of nitrogens with one attached hydrogen (secondary N) is 2. The van der Waals surface area contributed by atoms with E-state index in [2.05, 4.69) is 26.9 Å². The van der Waals surface area contributed by atoms with E-state index in [1.165, 1.54) is 19.2 Å². The van der Waals surface area contributed by atoms with Gasteiger partial charge in [0.1, 0.15) is 5.69 Å². The minimum atomic E-state index is -4.44. The molecule has 2 aromatic rings. The average Bonchev–Trinajstić information content (AvgIpc) is 2.92. The minimum absolute atomic E-state index is 0.0693. The number of benzene rings is 1. The lowest BCUT2D eigenvalue weighted by molar-refractivity contribution is -0.137. The Morgan fingerprint density at radius 3 is 2.59 bits per heavy atom. The van der Waals surface area contributed by atoms with Gasteiger partial charge in [0, 0.05) is 11.3 Å². The van der Waals surface area contributed by atoms with E-state index in [9.17, 15) is 22.8 Å². The Bertz CT molecular complexity index is 934. The van der Waals surface area contributed by atoms with E-state index in [1.807, 2.05) is 0 Å². The fraction of sp³-hybridized carbons (Fsp3) is 0.263.